The molecule has 104 valence electrons. The number of aromatic nitrogens is 4. The van der Waals surface area contributed by atoms with Crippen molar-refractivity contribution in [1.82, 2.24) is 25.1 Å². The molecule has 1 aliphatic heterocycles. The standard InChI is InChI=1S/C13H15N5O2/c1-9-14-4-2-10(16-9)12-8-18(6-7-20-12)13(19)11-3-5-15-17-11/h2-5,12H,6-8H2,1H3,(H,15,17)/t12-/m1/s1. The Morgan fingerprint density at radius 3 is 3.10 bits per heavy atom. The lowest BCUT2D eigenvalue weighted by atomic mass is 10.2. The number of carbonyl (C=O) groups excluding carboxylic acids is 1. The summed E-state index contributed by atoms with van der Waals surface area (Å²) in [5.41, 5.74) is 1.30. The maximum Gasteiger partial charge on any atom is 0.272 e. The minimum atomic E-state index is -0.211. The fourth-order valence-corrected chi connectivity index (χ4v) is 2.21. The molecular weight excluding hydrogens is 258 g/mol. The van der Waals surface area contributed by atoms with Crippen LogP contribution in [0, 0.1) is 6.92 Å². The van der Waals surface area contributed by atoms with Crippen LogP contribution in [-0.4, -0.2) is 50.7 Å². The summed E-state index contributed by atoms with van der Waals surface area (Å²) in [6.07, 6.45) is 3.06. The van der Waals surface area contributed by atoms with Crippen LogP contribution in [0.15, 0.2) is 24.5 Å². The van der Waals surface area contributed by atoms with E-state index in [2.05, 4.69) is 20.2 Å². The zero-order valence-electron chi connectivity index (χ0n) is 11.1. The van der Waals surface area contributed by atoms with E-state index in [9.17, 15) is 4.79 Å². The largest absolute Gasteiger partial charge is 0.368 e. The van der Waals surface area contributed by atoms with Gasteiger partial charge in [0, 0.05) is 18.9 Å². The van der Waals surface area contributed by atoms with Gasteiger partial charge in [-0.05, 0) is 19.1 Å². The van der Waals surface area contributed by atoms with Gasteiger partial charge in [-0.15, -0.1) is 0 Å². The van der Waals surface area contributed by atoms with Crippen LogP contribution >= 0.6 is 0 Å². The number of H-pyrrole nitrogens is 1. The Kier molecular flexibility index (Phi) is 3.42. The molecule has 0 radical (unpaired) electrons. The second kappa shape index (κ2) is 5.38. The predicted octanol–water partition coefficient (Wildman–Crippen LogP) is 0.722. The van der Waals surface area contributed by atoms with Crippen molar-refractivity contribution >= 4 is 5.91 Å². The van der Waals surface area contributed by atoms with Gasteiger partial charge >= 0.3 is 0 Å². The highest BCUT2D eigenvalue weighted by Crippen LogP contribution is 2.21. The lowest BCUT2D eigenvalue weighted by Gasteiger charge is -2.32. The summed E-state index contributed by atoms with van der Waals surface area (Å²) in [7, 11) is 0. The number of nitrogens with zero attached hydrogens (tertiary/aromatic N) is 4. The lowest BCUT2D eigenvalue weighted by molar-refractivity contribution is -0.0250. The Hall–Kier alpha value is -2.28. The van der Waals surface area contributed by atoms with Gasteiger partial charge in [0.2, 0.25) is 0 Å². The van der Waals surface area contributed by atoms with Gasteiger partial charge in [0.15, 0.2) is 0 Å². The van der Waals surface area contributed by atoms with E-state index < -0.39 is 0 Å². The lowest BCUT2D eigenvalue weighted by Crippen LogP contribution is -2.42. The number of aryl methyl sites for hydroxylation is 1. The second-order valence-corrected chi connectivity index (χ2v) is 4.61. The van der Waals surface area contributed by atoms with Crippen LogP contribution in [0.3, 0.4) is 0 Å². The van der Waals surface area contributed by atoms with E-state index in [0.29, 0.717) is 31.2 Å². The van der Waals surface area contributed by atoms with Crippen LogP contribution in [0.4, 0.5) is 0 Å². The molecule has 7 nitrogen and oxygen atoms in total. The predicted molar refractivity (Wildman–Crippen MR) is 70.0 cm³/mol. The third kappa shape index (κ3) is 2.53. The molecule has 2 aromatic rings. The minimum absolute atomic E-state index is 0.0680. The molecule has 0 spiro atoms. The van der Waals surface area contributed by atoms with Crippen molar-refractivity contribution in [2.24, 2.45) is 0 Å². The molecule has 1 N–H and O–H groups in total. The summed E-state index contributed by atoms with van der Waals surface area (Å²) in [5, 5.41) is 6.49. The van der Waals surface area contributed by atoms with E-state index in [1.165, 1.54) is 0 Å². The van der Waals surface area contributed by atoms with E-state index in [1.807, 2.05) is 13.0 Å². The average molecular weight is 273 g/mol. The van der Waals surface area contributed by atoms with Gasteiger partial charge in [-0.3, -0.25) is 9.89 Å². The van der Waals surface area contributed by atoms with E-state index in [-0.39, 0.29) is 12.0 Å². The first-order valence-corrected chi connectivity index (χ1v) is 6.44. The zero-order valence-corrected chi connectivity index (χ0v) is 11.1. The smallest absolute Gasteiger partial charge is 0.272 e. The van der Waals surface area contributed by atoms with Crippen molar-refractivity contribution < 1.29 is 9.53 Å². The molecule has 0 unspecified atom stereocenters. The van der Waals surface area contributed by atoms with E-state index >= 15 is 0 Å². The van der Waals surface area contributed by atoms with Gasteiger partial charge in [-0.25, -0.2) is 9.97 Å². The van der Waals surface area contributed by atoms with Crippen LogP contribution in [0.5, 0.6) is 0 Å². The van der Waals surface area contributed by atoms with Gasteiger partial charge < -0.3 is 9.64 Å². The van der Waals surface area contributed by atoms with Crippen molar-refractivity contribution in [2.75, 3.05) is 19.7 Å². The molecule has 0 bridgehead atoms. The number of ether oxygens (including phenoxy) is 1. The first-order chi connectivity index (χ1) is 9.74. The SMILES string of the molecule is Cc1nccc([C@H]2CN(C(=O)c3ccn[nH]3)CCO2)n1. The summed E-state index contributed by atoms with van der Waals surface area (Å²) < 4.78 is 5.71. The van der Waals surface area contributed by atoms with Gasteiger partial charge in [-0.1, -0.05) is 0 Å². The number of morpholine rings is 1. The monoisotopic (exact) mass is 273 g/mol. The summed E-state index contributed by atoms with van der Waals surface area (Å²) in [4.78, 5) is 22.4. The van der Waals surface area contributed by atoms with Crippen LogP contribution in [0.2, 0.25) is 0 Å². The Labute approximate surface area is 116 Å². The van der Waals surface area contributed by atoms with E-state index in [1.54, 1.807) is 23.4 Å². The number of hydrogen-bond acceptors (Lipinski definition) is 5. The molecule has 20 heavy (non-hydrogen) atoms. The molecule has 0 aliphatic carbocycles. The zero-order chi connectivity index (χ0) is 13.9. The molecule has 3 heterocycles. The molecule has 1 atom stereocenters. The summed E-state index contributed by atoms with van der Waals surface area (Å²) >= 11 is 0. The number of rotatable bonds is 2. The Bertz CT molecular complexity index is 599. The van der Waals surface area contributed by atoms with Crippen molar-refractivity contribution in [3.63, 3.8) is 0 Å². The van der Waals surface area contributed by atoms with Crippen molar-refractivity contribution in [3.05, 3.63) is 41.7 Å². The van der Waals surface area contributed by atoms with Gasteiger partial charge in [0.25, 0.3) is 5.91 Å². The average Bonchev–Trinajstić information content (AvgIpc) is 3.01. The summed E-state index contributed by atoms with van der Waals surface area (Å²) in [6.45, 7) is 3.38. The maximum atomic E-state index is 12.3. The van der Waals surface area contributed by atoms with Crippen molar-refractivity contribution in [3.8, 4) is 0 Å². The van der Waals surface area contributed by atoms with E-state index in [0.717, 1.165) is 5.69 Å². The Balaban J connectivity index is 1.75. The normalized spacial score (nSPS) is 19.1. The molecular formula is C13H15N5O2. The van der Waals surface area contributed by atoms with Gasteiger partial charge in [0.05, 0.1) is 18.8 Å². The third-order valence-corrected chi connectivity index (χ3v) is 3.21. The fraction of sp³-hybridized carbons (Fsp3) is 0.385. The fourth-order valence-electron chi connectivity index (χ4n) is 2.21. The Morgan fingerprint density at radius 2 is 2.35 bits per heavy atom. The van der Waals surface area contributed by atoms with E-state index in [4.69, 9.17) is 4.74 Å². The van der Waals surface area contributed by atoms with Crippen LogP contribution in [-0.2, 0) is 4.74 Å². The summed E-state index contributed by atoms with van der Waals surface area (Å²) in [6, 6.07) is 3.49. The first-order valence-electron chi connectivity index (χ1n) is 6.44. The van der Waals surface area contributed by atoms with Crippen molar-refractivity contribution in [2.45, 2.75) is 13.0 Å². The molecule has 1 fully saturated rings. The molecule has 2 aromatic heterocycles. The number of hydrogen-bond donors (Lipinski definition) is 1. The van der Waals surface area contributed by atoms with Crippen LogP contribution in [0.25, 0.3) is 0 Å². The van der Waals surface area contributed by atoms with Crippen molar-refractivity contribution in [1.29, 1.82) is 0 Å². The van der Waals surface area contributed by atoms with Gasteiger partial charge in [-0.2, -0.15) is 5.10 Å². The number of amides is 1. The van der Waals surface area contributed by atoms with Crippen LogP contribution < -0.4 is 0 Å². The molecule has 1 saturated heterocycles. The molecule has 7 heteroatoms. The highest BCUT2D eigenvalue weighted by molar-refractivity contribution is 5.92. The summed E-state index contributed by atoms with van der Waals surface area (Å²) in [5.74, 6) is 0.629. The molecule has 0 saturated carbocycles. The quantitative estimate of drug-likeness (QED) is 0.871. The number of carbonyl (C=O) groups is 1. The molecule has 0 aromatic carbocycles. The highest BCUT2D eigenvalue weighted by Gasteiger charge is 2.27. The van der Waals surface area contributed by atoms with Crippen LogP contribution in [0.1, 0.15) is 28.1 Å². The number of nitrogens with one attached hydrogen (secondary N) is 1. The molecule has 3 rings (SSSR count). The molecule has 1 amide bonds. The minimum Gasteiger partial charge on any atom is -0.368 e. The van der Waals surface area contributed by atoms with Gasteiger partial charge in [0.1, 0.15) is 17.6 Å². The molecule has 1 aliphatic rings. The third-order valence-electron chi connectivity index (χ3n) is 3.21. The Morgan fingerprint density at radius 1 is 1.45 bits per heavy atom. The number of aromatic amines is 1. The second-order valence-electron chi connectivity index (χ2n) is 4.61. The maximum absolute atomic E-state index is 12.3. The topological polar surface area (TPSA) is 84.0 Å². The highest BCUT2D eigenvalue weighted by atomic mass is 16.5. The first kappa shape index (κ1) is 12.7.